The third-order valence-corrected chi connectivity index (χ3v) is 3.19. The smallest absolute Gasteiger partial charge is 0.227 e. The number of carbonyl (C=O) groups is 1. The van der Waals surface area contributed by atoms with Crippen LogP contribution in [-0.2, 0) is 6.54 Å². The first-order valence-electron chi connectivity index (χ1n) is 6.24. The summed E-state index contributed by atoms with van der Waals surface area (Å²) < 4.78 is 14.8. The number of Topliss-reactive ketones (excluding diaryl/α,β-unsaturated/α-hetero) is 1. The van der Waals surface area contributed by atoms with Crippen LogP contribution in [0.1, 0.15) is 27.3 Å². The molecule has 1 aromatic carbocycles. The molecule has 106 valence electrons. The summed E-state index contributed by atoms with van der Waals surface area (Å²) in [5.41, 5.74) is 3.81. The van der Waals surface area contributed by atoms with E-state index in [1.54, 1.807) is 0 Å². The van der Waals surface area contributed by atoms with E-state index in [9.17, 15) is 9.18 Å². The Morgan fingerprint density at radius 3 is 2.05 bits per heavy atom. The highest BCUT2D eigenvalue weighted by Crippen LogP contribution is 2.06. The van der Waals surface area contributed by atoms with E-state index < -0.39 is 0 Å². The monoisotopic (exact) mass is 338 g/mol. The summed E-state index contributed by atoms with van der Waals surface area (Å²) in [7, 11) is 0. The second kappa shape index (κ2) is 6.75. The van der Waals surface area contributed by atoms with Crippen LogP contribution >= 0.6 is 17.0 Å². The van der Waals surface area contributed by atoms with Crippen LogP contribution in [0, 0.1) is 26.6 Å². The van der Waals surface area contributed by atoms with E-state index >= 15 is 0 Å². The number of aromatic nitrogens is 1. The van der Waals surface area contributed by atoms with Crippen molar-refractivity contribution in [2.45, 2.75) is 27.3 Å². The molecular formula is C16H18BrFNO+. The van der Waals surface area contributed by atoms with E-state index in [1.165, 1.54) is 29.8 Å². The molecule has 0 aliphatic carbocycles. The second-order valence-corrected chi connectivity index (χ2v) is 4.83. The van der Waals surface area contributed by atoms with Gasteiger partial charge in [0, 0.05) is 31.5 Å². The maximum atomic E-state index is 12.8. The molecule has 0 aliphatic heterocycles. The Morgan fingerprint density at radius 1 is 1.05 bits per heavy atom. The number of nitrogens with zero attached hydrogens (tertiary/aromatic N) is 1. The largest absolute Gasteiger partial charge is 0.287 e. The first kappa shape index (κ1) is 16.5. The SMILES string of the molecule is Br.Cc1cc(C)[n+](CC(=O)c2ccc(F)cc2)c(C)c1. The standard InChI is InChI=1S/C16H17FNO.BrH/c1-11-8-12(2)18(13(3)9-11)10-16(19)14-4-6-15(17)7-5-14;/h4-9H,10H2,1-3H3;1H/q+1;. The predicted octanol–water partition coefficient (Wildman–Crippen LogP) is 3.50. The molecule has 0 N–H and O–H groups in total. The lowest BCUT2D eigenvalue weighted by molar-refractivity contribution is -0.695. The maximum Gasteiger partial charge on any atom is 0.227 e. The number of pyridine rings is 1. The number of hydrogen-bond acceptors (Lipinski definition) is 1. The molecule has 0 fully saturated rings. The molecule has 4 heteroatoms. The van der Waals surface area contributed by atoms with Gasteiger partial charge in [-0.3, -0.25) is 4.79 Å². The van der Waals surface area contributed by atoms with E-state index in [-0.39, 0.29) is 35.1 Å². The third-order valence-electron chi connectivity index (χ3n) is 3.19. The minimum Gasteiger partial charge on any atom is -0.287 e. The summed E-state index contributed by atoms with van der Waals surface area (Å²) >= 11 is 0. The number of ketones is 1. The highest BCUT2D eigenvalue weighted by Gasteiger charge is 2.17. The maximum absolute atomic E-state index is 12.8. The van der Waals surface area contributed by atoms with Crippen molar-refractivity contribution in [3.05, 3.63) is 64.7 Å². The predicted molar refractivity (Wildman–Crippen MR) is 81.9 cm³/mol. The molecule has 0 saturated carbocycles. The lowest BCUT2D eigenvalue weighted by Gasteiger charge is -2.05. The highest BCUT2D eigenvalue weighted by molar-refractivity contribution is 8.93. The zero-order chi connectivity index (χ0) is 14.0. The van der Waals surface area contributed by atoms with Gasteiger partial charge in [-0.15, -0.1) is 17.0 Å². The molecule has 20 heavy (non-hydrogen) atoms. The molecular weight excluding hydrogens is 321 g/mol. The van der Waals surface area contributed by atoms with Gasteiger partial charge in [-0.25, -0.2) is 4.39 Å². The molecule has 0 saturated heterocycles. The van der Waals surface area contributed by atoms with Gasteiger partial charge in [-0.1, -0.05) is 0 Å². The van der Waals surface area contributed by atoms with Gasteiger partial charge in [0.1, 0.15) is 5.82 Å². The first-order valence-corrected chi connectivity index (χ1v) is 6.24. The van der Waals surface area contributed by atoms with Crippen molar-refractivity contribution in [3.8, 4) is 0 Å². The van der Waals surface area contributed by atoms with Crippen LogP contribution in [0.2, 0.25) is 0 Å². The van der Waals surface area contributed by atoms with Crippen molar-refractivity contribution in [1.29, 1.82) is 0 Å². The number of hydrogen-bond donors (Lipinski definition) is 0. The van der Waals surface area contributed by atoms with Crippen molar-refractivity contribution < 1.29 is 13.8 Å². The highest BCUT2D eigenvalue weighted by atomic mass is 79.9. The summed E-state index contributed by atoms with van der Waals surface area (Å²) in [6.07, 6.45) is 0. The van der Waals surface area contributed by atoms with Gasteiger partial charge in [-0.2, -0.15) is 4.57 Å². The fourth-order valence-corrected chi connectivity index (χ4v) is 2.25. The summed E-state index contributed by atoms with van der Waals surface area (Å²) in [4.78, 5) is 12.2. The lowest BCUT2D eigenvalue weighted by Crippen LogP contribution is -2.43. The van der Waals surface area contributed by atoms with E-state index in [2.05, 4.69) is 0 Å². The second-order valence-electron chi connectivity index (χ2n) is 4.83. The molecule has 0 radical (unpaired) electrons. The molecule has 1 heterocycles. The summed E-state index contributed by atoms with van der Waals surface area (Å²) in [5, 5.41) is 0. The van der Waals surface area contributed by atoms with Gasteiger partial charge in [0.2, 0.25) is 12.3 Å². The van der Waals surface area contributed by atoms with Crippen LogP contribution in [0.25, 0.3) is 0 Å². The van der Waals surface area contributed by atoms with Gasteiger partial charge >= 0.3 is 0 Å². The third kappa shape index (κ3) is 3.73. The first-order chi connectivity index (χ1) is 8.97. The Kier molecular flexibility index (Phi) is 5.57. The number of benzene rings is 1. The van der Waals surface area contributed by atoms with Gasteiger partial charge in [-0.05, 0) is 36.8 Å². The van der Waals surface area contributed by atoms with Crippen LogP contribution in [0.5, 0.6) is 0 Å². The molecule has 0 unspecified atom stereocenters. The molecule has 2 nitrogen and oxygen atoms in total. The van der Waals surface area contributed by atoms with Crippen molar-refractivity contribution in [1.82, 2.24) is 0 Å². The van der Waals surface area contributed by atoms with Crippen molar-refractivity contribution >= 4 is 22.8 Å². The van der Waals surface area contributed by atoms with E-state index in [0.717, 1.165) is 11.4 Å². The average molecular weight is 339 g/mol. The van der Waals surface area contributed by atoms with Crippen molar-refractivity contribution in [2.75, 3.05) is 0 Å². The zero-order valence-corrected chi connectivity index (χ0v) is 13.5. The van der Waals surface area contributed by atoms with Crippen molar-refractivity contribution in [2.24, 2.45) is 0 Å². The van der Waals surface area contributed by atoms with Crippen LogP contribution in [0.3, 0.4) is 0 Å². The molecule has 0 bridgehead atoms. The van der Waals surface area contributed by atoms with Crippen LogP contribution in [0.4, 0.5) is 4.39 Å². The molecule has 2 rings (SSSR count). The Morgan fingerprint density at radius 2 is 1.55 bits per heavy atom. The quantitative estimate of drug-likeness (QED) is 0.619. The molecule has 2 aromatic rings. The minimum absolute atomic E-state index is 0. The Bertz CT molecular complexity index is 600. The Labute approximate surface area is 129 Å². The summed E-state index contributed by atoms with van der Waals surface area (Å²) in [5.74, 6) is -0.341. The lowest BCUT2D eigenvalue weighted by atomic mass is 10.1. The summed E-state index contributed by atoms with van der Waals surface area (Å²) in [6, 6.07) is 9.77. The Balaban J connectivity index is 0.00000200. The zero-order valence-electron chi connectivity index (χ0n) is 11.8. The van der Waals surface area contributed by atoms with Crippen LogP contribution < -0.4 is 4.57 Å². The number of halogens is 2. The topological polar surface area (TPSA) is 20.9 Å². The van der Waals surface area contributed by atoms with Gasteiger partial charge in [0.05, 0.1) is 0 Å². The molecule has 0 atom stereocenters. The normalized spacial score (nSPS) is 10.0. The van der Waals surface area contributed by atoms with Crippen LogP contribution in [0.15, 0.2) is 36.4 Å². The van der Waals surface area contributed by atoms with Crippen molar-refractivity contribution in [3.63, 3.8) is 0 Å². The van der Waals surface area contributed by atoms with E-state index in [0.29, 0.717) is 5.56 Å². The fourth-order valence-electron chi connectivity index (χ4n) is 2.25. The average Bonchev–Trinajstić information content (AvgIpc) is 2.34. The van der Waals surface area contributed by atoms with E-state index in [1.807, 2.05) is 37.5 Å². The number of carbonyl (C=O) groups excluding carboxylic acids is 1. The molecule has 0 spiro atoms. The van der Waals surface area contributed by atoms with E-state index in [4.69, 9.17) is 0 Å². The molecule has 1 aromatic heterocycles. The Hall–Kier alpha value is -1.55. The van der Waals surface area contributed by atoms with Gasteiger partial charge < -0.3 is 0 Å². The number of rotatable bonds is 3. The molecule has 0 aliphatic rings. The fraction of sp³-hybridized carbons (Fsp3) is 0.250. The summed E-state index contributed by atoms with van der Waals surface area (Å²) in [6.45, 7) is 6.28. The minimum atomic E-state index is -0.327. The molecule has 0 amide bonds. The van der Waals surface area contributed by atoms with Gasteiger partial charge in [0.25, 0.3) is 0 Å². The van der Waals surface area contributed by atoms with Crippen LogP contribution in [-0.4, -0.2) is 5.78 Å². The number of aryl methyl sites for hydroxylation is 3. The van der Waals surface area contributed by atoms with Gasteiger partial charge in [0.15, 0.2) is 11.4 Å².